The fraction of sp³-hybridized carbons (Fsp3) is 0.500. The highest BCUT2D eigenvalue weighted by Gasteiger charge is 2.09. The zero-order chi connectivity index (χ0) is 12.3. The smallest absolute Gasteiger partial charge is 0.343 e. The van der Waals surface area contributed by atoms with Gasteiger partial charge in [0.1, 0.15) is 5.76 Å². The SMILES string of the molecule is CCCn1c(SCc2cc(C)no2)n[nH]c1=O. The largest absolute Gasteiger partial charge is 0.360 e. The predicted octanol–water partition coefficient (Wildman–Crippen LogP) is 1.57. The third-order valence-electron chi connectivity index (χ3n) is 2.19. The average Bonchev–Trinajstić information content (AvgIpc) is 2.86. The van der Waals surface area contributed by atoms with E-state index in [1.165, 1.54) is 11.8 Å². The molecular weight excluding hydrogens is 240 g/mol. The molecular formula is C10H14N4O2S. The van der Waals surface area contributed by atoms with E-state index in [0.29, 0.717) is 17.5 Å². The van der Waals surface area contributed by atoms with E-state index in [1.807, 2.05) is 19.9 Å². The molecule has 7 heteroatoms. The van der Waals surface area contributed by atoms with Gasteiger partial charge in [-0.15, -0.1) is 5.10 Å². The standard InChI is InChI=1S/C10H14N4O2S/c1-3-4-14-9(15)11-12-10(14)17-6-8-5-7(2)13-16-8/h5H,3-4,6H2,1-2H3,(H,11,15). The van der Waals surface area contributed by atoms with Gasteiger partial charge >= 0.3 is 5.69 Å². The second kappa shape index (κ2) is 5.22. The lowest BCUT2D eigenvalue weighted by molar-refractivity contribution is 0.391. The van der Waals surface area contributed by atoms with E-state index >= 15 is 0 Å². The molecule has 0 saturated heterocycles. The first kappa shape index (κ1) is 12.0. The first-order valence-corrected chi connectivity index (χ1v) is 6.39. The lowest BCUT2D eigenvalue weighted by atomic mass is 10.4. The Morgan fingerprint density at radius 1 is 1.59 bits per heavy atom. The number of aromatic amines is 1. The van der Waals surface area contributed by atoms with Gasteiger partial charge in [0, 0.05) is 12.6 Å². The summed E-state index contributed by atoms with van der Waals surface area (Å²) in [5.74, 6) is 1.40. The minimum absolute atomic E-state index is 0.164. The van der Waals surface area contributed by atoms with Gasteiger partial charge in [0.05, 0.1) is 11.4 Å². The quantitative estimate of drug-likeness (QED) is 0.819. The van der Waals surface area contributed by atoms with E-state index in [-0.39, 0.29) is 5.69 Å². The molecule has 2 rings (SSSR count). The summed E-state index contributed by atoms with van der Waals surface area (Å²) in [6, 6.07) is 1.88. The highest BCUT2D eigenvalue weighted by Crippen LogP contribution is 2.20. The molecule has 6 nitrogen and oxygen atoms in total. The van der Waals surface area contributed by atoms with E-state index in [1.54, 1.807) is 4.57 Å². The third-order valence-corrected chi connectivity index (χ3v) is 3.19. The Bertz CT molecular complexity index is 542. The van der Waals surface area contributed by atoms with Crippen LogP contribution in [0.2, 0.25) is 0 Å². The normalized spacial score (nSPS) is 10.9. The molecule has 0 fully saturated rings. The Kier molecular flexibility index (Phi) is 3.68. The topological polar surface area (TPSA) is 76.7 Å². The molecule has 0 aliphatic heterocycles. The summed E-state index contributed by atoms with van der Waals surface area (Å²) in [7, 11) is 0. The number of nitrogens with zero attached hydrogens (tertiary/aromatic N) is 3. The van der Waals surface area contributed by atoms with Gasteiger partial charge < -0.3 is 4.52 Å². The minimum Gasteiger partial charge on any atom is -0.360 e. The number of hydrogen-bond donors (Lipinski definition) is 1. The maximum atomic E-state index is 11.4. The molecule has 2 heterocycles. The number of rotatable bonds is 5. The average molecular weight is 254 g/mol. The van der Waals surface area contributed by atoms with Crippen LogP contribution in [0.5, 0.6) is 0 Å². The van der Waals surface area contributed by atoms with Crippen LogP contribution in [0.3, 0.4) is 0 Å². The zero-order valence-electron chi connectivity index (χ0n) is 9.77. The van der Waals surface area contributed by atoms with Gasteiger partial charge in [-0.3, -0.25) is 4.57 Å². The molecule has 0 aromatic carbocycles. The van der Waals surface area contributed by atoms with Crippen molar-refractivity contribution in [2.24, 2.45) is 0 Å². The molecule has 0 atom stereocenters. The Labute approximate surface area is 102 Å². The molecule has 0 bridgehead atoms. The first-order valence-electron chi connectivity index (χ1n) is 5.41. The summed E-state index contributed by atoms with van der Waals surface area (Å²) in [5.41, 5.74) is 0.691. The van der Waals surface area contributed by atoms with Gasteiger partial charge in [-0.25, -0.2) is 9.89 Å². The van der Waals surface area contributed by atoms with Crippen LogP contribution in [0.15, 0.2) is 20.5 Å². The zero-order valence-corrected chi connectivity index (χ0v) is 10.6. The molecule has 0 saturated carbocycles. The Morgan fingerprint density at radius 2 is 2.41 bits per heavy atom. The Morgan fingerprint density at radius 3 is 3.06 bits per heavy atom. The molecule has 1 N–H and O–H groups in total. The molecule has 0 radical (unpaired) electrons. The fourth-order valence-corrected chi connectivity index (χ4v) is 2.30. The van der Waals surface area contributed by atoms with E-state index in [0.717, 1.165) is 17.9 Å². The second-order valence-electron chi connectivity index (χ2n) is 3.69. The number of nitrogens with one attached hydrogen (secondary N) is 1. The predicted molar refractivity (Wildman–Crippen MR) is 63.9 cm³/mol. The summed E-state index contributed by atoms with van der Waals surface area (Å²) < 4.78 is 6.73. The van der Waals surface area contributed by atoms with Gasteiger partial charge in [0.2, 0.25) is 0 Å². The van der Waals surface area contributed by atoms with Crippen LogP contribution in [0, 0.1) is 6.92 Å². The van der Waals surface area contributed by atoms with Crippen LogP contribution in [-0.2, 0) is 12.3 Å². The summed E-state index contributed by atoms with van der Waals surface area (Å²) in [5, 5.41) is 10.9. The van der Waals surface area contributed by atoms with E-state index in [9.17, 15) is 4.79 Å². The fourth-order valence-electron chi connectivity index (χ4n) is 1.45. The molecule has 17 heavy (non-hydrogen) atoms. The van der Waals surface area contributed by atoms with Gasteiger partial charge in [0.25, 0.3) is 0 Å². The number of thioether (sulfide) groups is 1. The van der Waals surface area contributed by atoms with Crippen molar-refractivity contribution < 1.29 is 4.52 Å². The number of H-pyrrole nitrogens is 1. The van der Waals surface area contributed by atoms with Crippen molar-refractivity contribution in [2.45, 2.75) is 37.7 Å². The van der Waals surface area contributed by atoms with Crippen molar-refractivity contribution in [2.75, 3.05) is 0 Å². The van der Waals surface area contributed by atoms with Crippen molar-refractivity contribution in [3.8, 4) is 0 Å². The number of hydrogen-bond acceptors (Lipinski definition) is 5. The van der Waals surface area contributed by atoms with Gasteiger partial charge in [-0.05, 0) is 13.3 Å². The monoisotopic (exact) mass is 254 g/mol. The van der Waals surface area contributed by atoms with E-state index < -0.39 is 0 Å². The molecule has 0 spiro atoms. The van der Waals surface area contributed by atoms with E-state index in [4.69, 9.17) is 4.52 Å². The van der Waals surface area contributed by atoms with Gasteiger partial charge in [0.15, 0.2) is 5.16 Å². The molecule has 0 unspecified atom stereocenters. The summed E-state index contributed by atoms with van der Waals surface area (Å²) in [6.07, 6.45) is 0.897. The first-order chi connectivity index (χ1) is 8.20. The van der Waals surface area contributed by atoms with Crippen LogP contribution in [-0.4, -0.2) is 19.9 Å². The van der Waals surface area contributed by atoms with Crippen LogP contribution in [0.4, 0.5) is 0 Å². The Balaban J connectivity index is 2.06. The molecule has 2 aromatic heterocycles. The molecule has 0 amide bonds. The number of aromatic nitrogens is 4. The van der Waals surface area contributed by atoms with Crippen LogP contribution in [0.1, 0.15) is 24.8 Å². The van der Waals surface area contributed by atoms with Crippen LogP contribution in [0.25, 0.3) is 0 Å². The van der Waals surface area contributed by atoms with Crippen molar-refractivity contribution in [1.29, 1.82) is 0 Å². The summed E-state index contributed by atoms with van der Waals surface area (Å²) in [4.78, 5) is 11.4. The highest BCUT2D eigenvalue weighted by molar-refractivity contribution is 7.98. The van der Waals surface area contributed by atoms with Gasteiger partial charge in [-0.1, -0.05) is 23.8 Å². The van der Waals surface area contributed by atoms with Crippen molar-refractivity contribution >= 4 is 11.8 Å². The molecule has 92 valence electrons. The molecule has 0 aliphatic carbocycles. The number of aryl methyl sites for hydroxylation is 1. The lowest BCUT2D eigenvalue weighted by Gasteiger charge is -2.01. The summed E-state index contributed by atoms with van der Waals surface area (Å²) >= 11 is 1.46. The maximum Gasteiger partial charge on any atom is 0.343 e. The van der Waals surface area contributed by atoms with Crippen molar-refractivity contribution in [3.63, 3.8) is 0 Å². The third kappa shape index (κ3) is 2.79. The highest BCUT2D eigenvalue weighted by atomic mass is 32.2. The van der Waals surface area contributed by atoms with Crippen LogP contribution >= 0.6 is 11.8 Å². The molecule has 2 aromatic rings. The van der Waals surface area contributed by atoms with Gasteiger partial charge in [-0.2, -0.15) is 0 Å². The molecule has 0 aliphatic rings. The van der Waals surface area contributed by atoms with Crippen LogP contribution < -0.4 is 5.69 Å². The Hall–Kier alpha value is -1.50. The minimum atomic E-state index is -0.164. The second-order valence-corrected chi connectivity index (χ2v) is 4.63. The van der Waals surface area contributed by atoms with E-state index in [2.05, 4.69) is 15.4 Å². The van der Waals surface area contributed by atoms with Crippen molar-refractivity contribution in [1.82, 2.24) is 19.9 Å². The maximum absolute atomic E-state index is 11.4. The lowest BCUT2D eigenvalue weighted by Crippen LogP contribution is -2.17. The summed E-state index contributed by atoms with van der Waals surface area (Å²) in [6.45, 7) is 4.57. The van der Waals surface area contributed by atoms with Crippen molar-refractivity contribution in [3.05, 3.63) is 28.0 Å².